The van der Waals surface area contributed by atoms with Gasteiger partial charge < -0.3 is 9.80 Å². The van der Waals surface area contributed by atoms with E-state index in [1.165, 1.54) is 27.1 Å². The molecule has 2 aromatic heterocycles. The smallest absolute Gasteiger partial charge is 0.275 e. The molecule has 1 saturated heterocycles. The van der Waals surface area contributed by atoms with Crippen molar-refractivity contribution in [1.82, 2.24) is 19.5 Å². The number of anilines is 1. The van der Waals surface area contributed by atoms with Crippen molar-refractivity contribution < 1.29 is 4.79 Å². The summed E-state index contributed by atoms with van der Waals surface area (Å²) in [4.78, 5) is 35.0. The zero-order chi connectivity index (χ0) is 20.8. The lowest BCUT2D eigenvalue weighted by Gasteiger charge is -2.26. The molecule has 2 aliphatic rings. The zero-order valence-electron chi connectivity index (χ0n) is 17.2. The van der Waals surface area contributed by atoms with Crippen LogP contribution in [0, 0.1) is 0 Å². The molecular formula is C22H25N5O2S. The molecule has 1 fully saturated rings. The fourth-order valence-electron chi connectivity index (χ4n) is 4.42. The molecule has 0 aliphatic carbocycles. The van der Waals surface area contributed by atoms with Crippen molar-refractivity contribution in [1.29, 1.82) is 0 Å². The van der Waals surface area contributed by atoms with Gasteiger partial charge in [-0.25, -0.2) is 4.98 Å². The number of benzene rings is 1. The van der Waals surface area contributed by atoms with Crippen LogP contribution in [0.15, 0.2) is 35.1 Å². The van der Waals surface area contributed by atoms with Gasteiger partial charge in [-0.3, -0.25) is 9.59 Å². The Kier molecular flexibility index (Phi) is 4.81. The van der Waals surface area contributed by atoms with E-state index >= 15 is 0 Å². The van der Waals surface area contributed by atoms with Crippen LogP contribution in [-0.4, -0.2) is 45.0 Å². The Morgan fingerprint density at radius 2 is 2.10 bits per heavy atom. The Bertz CT molecular complexity index is 1170. The van der Waals surface area contributed by atoms with Crippen LogP contribution in [0.25, 0.3) is 4.96 Å². The number of fused-ring (bicyclic) bond motifs is 2. The molecule has 0 unspecified atom stereocenters. The van der Waals surface area contributed by atoms with Gasteiger partial charge in [-0.15, -0.1) is 0 Å². The predicted molar refractivity (Wildman–Crippen MR) is 117 cm³/mol. The molecule has 0 saturated carbocycles. The molecule has 1 amide bonds. The normalized spacial score (nSPS) is 18.6. The topological polar surface area (TPSA) is 70.8 Å². The average molecular weight is 424 g/mol. The number of aromatic nitrogens is 3. The number of para-hydroxylation sites is 1. The van der Waals surface area contributed by atoms with Gasteiger partial charge in [0.25, 0.3) is 5.56 Å². The maximum absolute atomic E-state index is 13.2. The van der Waals surface area contributed by atoms with E-state index in [1.807, 2.05) is 24.8 Å². The van der Waals surface area contributed by atoms with Crippen LogP contribution in [0.3, 0.4) is 0 Å². The minimum Gasteiger partial charge on any atom is -0.362 e. The maximum atomic E-state index is 13.2. The van der Waals surface area contributed by atoms with E-state index in [2.05, 4.69) is 33.2 Å². The van der Waals surface area contributed by atoms with Crippen molar-refractivity contribution in [3.63, 3.8) is 0 Å². The second-order valence-electron chi connectivity index (χ2n) is 8.35. The molecule has 1 atom stereocenters. The summed E-state index contributed by atoms with van der Waals surface area (Å²) in [6.45, 7) is 6.03. The minimum atomic E-state index is -0.157. The summed E-state index contributed by atoms with van der Waals surface area (Å²) in [6.07, 6.45) is 2.80. The fourth-order valence-corrected chi connectivity index (χ4v) is 5.48. The van der Waals surface area contributed by atoms with Crippen LogP contribution in [-0.2, 0) is 11.2 Å². The van der Waals surface area contributed by atoms with Gasteiger partial charge in [-0.05, 0) is 36.8 Å². The molecule has 0 N–H and O–H groups in total. The molecule has 1 aromatic carbocycles. The molecule has 7 nitrogen and oxygen atoms in total. The van der Waals surface area contributed by atoms with Crippen LogP contribution in [0.4, 0.5) is 5.69 Å². The Morgan fingerprint density at radius 3 is 2.93 bits per heavy atom. The Balaban J connectivity index is 1.39. The lowest BCUT2D eigenvalue weighted by atomic mass is 10.1. The van der Waals surface area contributed by atoms with Crippen molar-refractivity contribution in [3.8, 4) is 0 Å². The molecule has 0 bridgehead atoms. The lowest BCUT2D eigenvalue weighted by Crippen LogP contribution is -2.39. The third-order valence-electron chi connectivity index (χ3n) is 6.04. The number of rotatable bonds is 4. The SMILES string of the molecule is CC(C)c1cc(=O)n2nc([C@H]3CCCN3C(=O)CN3CCc4ccccc43)sc2n1. The van der Waals surface area contributed by atoms with Gasteiger partial charge in [0, 0.05) is 24.8 Å². The van der Waals surface area contributed by atoms with Crippen molar-refractivity contribution in [2.24, 2.45) is 0 Å². The van der Waals surface area contributed by atoms with Crippen LogP contribution < -0.4 is 10.5 Å². The van der Waals surface area contributed by atoms with Gasteiger partial charge in [0.05, 0.1) is 18.3 Å². The van der Waals surface area contributed by atoms with E-state index in [1.54, 1.807) is 6.07 Å². The van der Waals surface area contributed by atoms with Crippen LogP contribution in [0.1, 0.15) is 54.9 Å². The van der Waals surface area contributed by atoms with Crippen LogP contribution in [0.5, 0.6) is 0 Å². The van der Waals surface area contributed by atoms with E-state index in [4.69, 9.17) is 0 Å². The molecular weight excluding hydrogens is 398 g/mol. The molecule has 5 rings (SSSR count). The van der Waals surface area contributed by atoms with Gasteiger partial charge in [-0.2, -0.15) is 9.61 Å². The number of carbonyl (C=O) groups is 1. The maximum Gasteiger partial charge on any atom is 0.275 e. The Morgan fingerprint density at radius 1 is 1.27 bits per heavy atom. The van der Waals surface area contributed by atoms with Gasteiger partial charge >= 0.3 is 0 Å². The second-order valence-corrected chi connectivity index (χ2v) is 9.34. The highest BCUT2D eigenvalue weighted by Gasteiger charge is 2.34. The highest BCUT2D eigenvalue weighted by molar-refractivity contribution is 7.16. The minimum absolute atomic E-state index is 0.0797. The molecule has 0 radical (unpaired) electrons. The average Bonchev–Trinajstić information content (AvgIpc) is 3.45. The fraction of sp³-hybridized carbons (Fsp3) is 0.455. The second kappa shape index (κ2) is 7.50. The first kappa shape index (κ1) is 19.2. The summed E-state index contributed by atoms with van der Waals surface area (Å²) in [5, 5.41) is 5.35. The van der Waals surface area contributed by atoms with Gasteiger partial charge in [0.2, 0.25) is 10.9 Å². The Hall–Kier alpha value is -2.74. The summed E-state index contributed by atoms with van der Waals surface area (Å²) in [7, 11) is 0. The monoisotopic (exact) mass is 423 g/mol. The largest absolute Gasteiger partial charge is 0.362 e. The van der Waals surface area contributed by atoms with E-state index in [0.717, 1.165) is 43.1 Å². The molecule has 30 heavy (non-hydrogen) atoms. The number of carbonyl (C=O) groups excluding carboxylic acids is 1. The standard InChI is InChI=1S/C22H25N5O2S/c1-14(2)16-12-19(28)27-22(23-16)30-21(24-27)18-8-5-10-26(18)20(29)13-25-11-9-15-6-3-4-7-17(15)25/h3-4,6-7,12,14,18H,5,8-11,13H2,1-2H3/t18-/m1/s1. The van der Waals surface area contributed by atoms with Crippen molar-refractivity contribution >= 4 is 27.9 Å². The van der Waals surface area contributed by atoms with Crippen molar-refractivity contribution in [2.75, 3.05) is 24.5 Å². The number of nitrogens with zero attached hydrogens (tertiary/aromatic N) is 5. The molecule has 3 aromatic rings. The van der Waals surface area contributed by atoms with Crippen LogP contribution >= 0.6 is 11.3 Å². The third-order valence-corrected chi connectivity index (χ3v) is 7.05. The molecule has 8 heteroatoms. The van der Waals surface area contributed by atoms with Crippen molar-refractivity contribution in [2.45, 2.75) is 45.1 Å². The Labute approximate surface area is 179 Å². The van der Waals surface area contributed by atoms with Crippen molar-refractivity contribution in [3.05, 3.63) is 57.0 Å². The first-order chi connectivity index (χ1) is 14.5. The number of likely N-dealkylation sites (tertiary alicyclic amines) is 1. The summed E-state index contributed by atoms with van der Waals surface area (Å²) < 4.78 is 1.38. The van der Waals surface area contributed by atoms with E-state index in [9.17, 15) is 9.59 Å². The summed E-state index contributed by atoms with van der Waals surface area (Å²) in [6, 6.07) is 9.78. The van der Waals surface area contributed by atoms with E-state index in [-0.39, 0.29) is 23.4 Å². The quantitative estimate of drug-likeness (QED) is 0.645. The first-order valence-corrected chi connectivity index (χ1v) is 11.4. The lowest BCUT2D eigenvalue weighted by molar-refractivity contribution is -0.130. The highest BCUT2D eigenvalue weighted by atomic mass is 32.1. The number of amides is 1. The highest BCUT2D eigenvalue weighted by Crippen LogP contribution is 2.35. The molecule has 2 aliphatic heterocycles. The third kappa shape index (κ3) is 3.29. The molecule has 0 spiro atoms. The van der Waals surface area contributed by atoms with E-state index in [0.29, 0.717) is 11.5 Å². The van der Waals surface area contributed by atoms with Gasteiger partial charge in [0.1, 0.15) is 5.01 Å². The summed E-state index contributed by atoms with van der Waals surface area (Å²) >= 11 is 1.43. The first-order valence-electron chi connectivity index (χ1n) is 10.5. The summed E-state index contributed by atoms with van der Waals surface area (Å²) in [5.41, 5.74) is 3.09. The predicted octanol–water partition coefficient (Wildman–Crippen LogP) is 3.00. The number of hydrogen-bond acceptors (Lipinski definition) is 6. The number of hydrogen-bond donors (Lipinski definition) is 0. The summed E-state index contributed by atoms with van der Waals surface area (Å²) in [5.74, 6) is 0.304. The molecule has 4 heterocycles. The van der Waals surface area contributed by atoms with Gasteiger partial charge in [-0.1, -0.05) is 43.4 Å². The van der Waals surface area contributed by atoms with Crippen LogP contribution in [0.2, 0.25) is 0 Å². The zero-order valence-corrected chi connectivity index (χ0v) is 18.1. The van der Waals surface area contributed by atoms with E-state index < -0.39 is 0 Å². The molecule has 156 valence electrons. The van der Waals surface area contributed by atoms with Gasteiger partial charge in [0.15, 0.2) is 0 Å².